The Bertz CT molecular complexity index is 692. The van der Waals surface area contributed by atoms with Crippen molar-refractivity contribution in [1.29, 1.82) is 0 Å². The first-order valence-corrected chi connectivity index (χ1v) is 11.1. The Morgan fingerprint density at radius 3 is 2.80 bits per heavy atom. The highest BCUT2D eigenvalue weighted by molar-refractivity contribution is 14.0. The van der Waals surface area contributed by atoms with Gasteiger partial charge in [0.25, 0.3) is 5.91 Å². The Balaban J connectivity index is 0.00000320. The van der Waals surface area contributed by atoms with E-state index in [1.165, 1.54) is 32.1 Å². The molecule has 0 bridgehead atoms. The average Bonchev–Trinajstić information content (AvgIpc) is 3.26. The number of anilines is 1. The van der Waals surface area contributed by atoms with Gasteiger partial charge in [-0.1, -0.05) is 38.3 Å². The molecule has 168 valence electrons. The molecule has 2 aliphatic rings. The molecule has 0 spiro atoms. The van der Waals surface area contributed by atoms with Crippen LogP contribution in [0.2, 0.25) is 0 Å². The van der Waals surface area contributed by atoms with E-state index in [4.69, 9.17) is 4.74 Å². The van der Waals surface area contributed by atoms with Crippen molar-refractivity contribution < 1.29 is 9.53 Å². The molecule has 1 heterocycles. The standard InChI is InChI=1S/C23H36N4O2.HI/c1-17-6-3-7-18(14-17)11-12-25-23(24-2)26-16-19-8-4-9-20(15-19)27-22(28)21-10-5-13-29-21;/h4,8-9,15,17-18,21H,3,5-7,10-14,16H2,1-2H3,(H,27,28)(H2,24,25,26);1H. The smallest absolute Gasteiger partial charge is 0.253 e. The molecule has 1 amide bonds. The molecule has 1 aliphatic heterocycles. The SMILES string of the molecule is CN=C(NCCC1CCCC(C)C1)NCc1cccc(NC(=O)C2CCCO2)c1.I. The molecule has 30 heavy (non-hydrogen) atoms. The van der Waals surface area contributed by atoms with Gasteiger partial charge in [-0.05, 0) is 55.2 Å². The number of hydrogen-bond donors (Lipinski definition) is 3. The van der Waals surface area contributed by atoms with Gasteiger partial charge in [0.05, 0.1) is 0 Å². The van der Waals surface area contributed by atoms with E-state index in [0.29, 0.717) is 13.2 Å². The van der Waals surface area contributed by atoms with Crippen LogP contribution in [-0.4, -0.2) is 38.2 Å². The van der Waals surface area contributed by atoms with Gasteiger partial charge in [-0.15, -0.1) is 24.0 Å². The van der Waals surface area contributed by atoms with Gasteiger partial charge in [-0.3, -0.25) is 9.79 Å². The number of ether oxygens (including phenoxy) is 1. The number of nitrogens with zero attached hydrogens (tertiary/aromatic N) is 1. The summed E-state index contributed by atoms with van der Waals surface area (Å²) in [4.78, 5) is 16.6. The topological polar surface area (TPSA) is 74.8 Å². The van der Waals surface area contributed by atoms with Crippen molar-refractivity contribution >= 4 is 41.5 Å². The Labute approximate surface area is 198 Å². The second kappa shape index (κ2) is 13.1. The zero-order valence-electron chi connectivity index (χ0n) is 18.3. The zero-order chi connectivity index (χ0) is 20.5. The third-order valence-corrected chi connectivity index (χ3v) is 5.99. The minimum absolute atomic E-state index is 0. The van der Waals surface area contributed by atoms with E-state index in [1.807, 2.05) is 24.3 Å². The number of guanidine groups is 1. The van der Waals surface area contributed by atoms with Crippen molar-refractivity contribution in [3.63, 3.8) is 0 Å². The second-order valence-electron chi connectivity index (χ2n) is 8.47. The third kappa shape index (κ3) is 8.06. The summed E-state index contributed by atoms with van der Waals surface area (Å²) in [6, 6.07) is 7.92. The van der Waals surface area contributed by atoms with Gasteiger partial charge in [0.15, 0.2) is 5.96 Å². The maximum Gasteiger partial charge on any atom is 0.253 e. The van der Waals surface area contributed by atoms with Gasteiger partial charge in [0.2, 0.25) is 0 Å². The molecule has 3 rings (SSSR count). The van der Waals surface area contributed by atoms with Crippen LogP contribution in [0.4, 0.5) is 5.69 Å². The van der Waals surface area contributed by atoms with E-state index in [-0.39, 0.29) is 36.0 Å². The highest BCUT2D eigenvalue weighted by Crippen LogP contribution is 2.30. The molecule has 1 aromatic rings. The maximum absolute atomic E-state index is 12.2. The number of amides is 1. The average molecular weight is 528 g/mol. The van der Waals surface area contributed by atoms with Gasteiger partial charge in [-0.25, -0.2) is 0 Å². The number of hydrogen-bond acceptors (Lipinski definition) is 3. The van der Waals surface area contributed by atoms with E-state index < -0.39 is 0 Å². The largest absolute Gasteiger partial charge is 0.368 e. The van der Waals surface area contributed by atoms with E-state index >= 15 is 0 Å². The van der Waals surface area contributed by atoms with Gasteiger partial charge in [-0.2, -0.15) is 0 Å². The molecule has 0 aromatic heterocycles. The van der Waals surface area contributed by atoms with Crippen LogP contribution in [0.3, 0.4) is 0 Å². The Morgan fingerprint density at radius 2 is 2.07 bits per heavy atom. The number of carbonyl (C=O) groups is 1. The maximum atomic E-state index is 12.2. The number of rotatable bonds is 7. The summed E-state index contributed by atoms with van der Waals surface area (Å²) in [5.41, 5.74) is 1.90. The molecule has 1 saturated carbocycles. The predicted octanol–water partition coefficient (Wildman–Crippen LogP) is 4.30. The molecular weight excluding hydrogens is 491 g/mol. The van der Waals surface area contributed by atoms with Gasteiger partial charge in [0.1, 0.15) is 6.10 Å². The molecule has 2 fully saturated rings. The molecule has 3 unspecified atom stereocenters. The van der Waals surface area contributed by atoms with Gasteiger partial charge in [0, 0.05) is 32.4 Å². The van der Waals surface area contributed by atoms with Crippen LogP contribution in [0.25, 0.3) is 0 Å². The lowest BCUT2D eigenvalue weighted by Gasteiger charge is -2.26. The molecule has 1 aliphatic carbocycles. The van der Waals surface area contributed by atoms with E-state index in [0.717, 1.165) is 48.4 Å². The second-order valence-corrected chi connectivity index (χ2v) is 8.47. The van der Waals surface area contributed by atoms with Gasteiger partial charge >= 0.3 is 0 Å². The van der Waals surface area contributed by atoms with Crippen LogP contribution >= 0.6 is 24.0 Å². The lowest BCUT2D eigenvalue weighted by molar-refractivity contribution is -0.124. The lowest BCUT2D eigenvalue weighted by Crippen LogP contribution is -2.38. The number of carbonyl (C=O) groups excluding carboxylic acids is 1. The van der Waals surface area contributed by atoms with Crippen LogP contribution in [0, 0.1) is 11.8 Å². The molecule has 1 aromatic carbocycles. The normalized spacial score (nSPS) is 24.1. The summed E-state index contributed by atoms with van der Waals surface area (Å²) in [6.07, 6.45) is 8.13. The highest BCUT2D eigenvalue weighted by Gasteiger charge is 2.23. The Kier molecular flexibility index (Phi) is 10.9. The summed E-state index contributed by atoms with van der Waals surface area (Å²) < 4.78 is 5.45. The summed E-state index contributed by atoms with van der Waals surface area (Å²) in [6.45, 7) is 4.66. The fourth-order valence-electron chi connectivity index (χ4n) is 4.39. The fraction of sp³-hybridized carbons (Fsp3) is 0.652. The molecule has 7 heteroatoms. The molecule has 6 nitrogen and oxygen atoms in total. The van der Waals surface area contributed by atoms with Crippen LogP contribution in [-0.2, 0) is 16.1 Å². The quantitative estimate of drug-likeness (QED) is 0.280. The first kappa shape index (κ1) is 24.9. The summed E-state index contributed by atoms with van der Waals surface area (Å²) >= 11 is 0. The first-order chi connectivity index (χ1) is 14.1. The summed E-state index contributed by atoms with van der Waals surface area (Å²) in [5, 5.41) is 9.77. The minimum atomic E-state index is -0.313. The van der Waals surface area contributed by atoms with Crippen LogP contribution in [0.5, 0.6) is 0 Å². The number of halogens is 1. The molecule has 1 saturated heterocycles. The predicted molar refractivity (Wildman–Crippen MR) is 133 cm³/mol. The molecular formula is C23H37IN4O2. The fourth-order valence-corrected chi connectivity index (χ4v) is 4.39. The summed E-state index contributed by atoms with van der Waals surface area (Å²) in [5.74, 6) is 2.48. The van der Waals surface area contributed by atoms with Crippen molar-refractivity contribution in [2.75, 3.05) is 25.5 Å². The van der Waals surface area contributed by atoms with Crippen molar-refractivity contribution in [3.05, 3.63) is 29.8 Å². The van der Waals surface area contributed by atoms with Crippen molar-refractivity contribution in [1.82, 2.24) is 10.6 Å². The third-order valence-electron chi connectivity index (χ3n) is 5.99. The lowest BCUT2D eigenvalue weighted by atomic mass is 9.81. The van der Waals surface area contributed by atoms with Crippen molar-refractivity contribution in [3.8, 4) is 0 Å². The van der Waals surface area contributed by atoms with Gasteiger partial charge < -0.3 is 20.7 Å². The van der Waals surface area contributed by atoms with Crippen LogP contribution < -0.4 is 16.0 Å². The number of benzene rings is 1. The molecule has 0 radical (unpaired) electrons. The Morgan fingerprint density at radius 1 is 1.20 bits per heavy atom. The van der Waals surface area contributed by atoms with E-state index in [2.05, 4.69) is 27.9 Å². The monoisotopic (exact) mass is 528 g/mol. The van der Waals surface area contributed by atoms with Crippen LogP contribution in [0.1, 0.15) is 57.4 Å². The highest BCUT2D eigenvalue weighted by atomic mass is 127. The Hall–Kier alpha value is -1.35. The minimum Gasteiger partial charge on any atom is -0.368 e. The number of aliphatic imine (C=N–C) groups is 1. The molecule has 3 N–H and O–H groups in total. The van der Waals surface area contributed by atoms with E-state index in [9.17, 15) is 4.79 Å². The van der Waals surface area contributed by atoms with Crippen molar-refractivity contribution in [2.24, 2.45) is 16.8 Å². The zero-order valence-corrected chi connectivity index (χ0v) is 20.6. The van der Waals surface area contributed by atoms with Crippen molar-refractivity contribution in [2.45, 2.75) is 64.5 Å². The van der Waals surface area contributed by atoms with Crippen LogP contribution in [0.15, 0.2) is 29.3 Å². The summed E-state index contributed by atoms with van der Waals surface area (Å²) in [7, 11) is 1.80. The van der Waals surface area contributed by atoms with E-state index in [1.54, 1.807) is 7.05 Å². The number of nitrogens with one attached hydrogen (secondary N) is 3. The first-order valence-electron chi connectivity index (χ1n) is 11.1. The molecule has 3 atom stereocenters.